The number of phenols is 1. The van der Waals surface area contributed by atoms with Gasteiger partial charge >= 0.3 is 6.03 Å². The van der Waals surface area contributed by atoms with Crippen LogP contribution in [0.5, 0.6) is 11.5 Å². The number of carbonyl (C=O) groups is 2. The van der Waals surface area contributed by atoms with Gasteiger partial charge < -0.3 is 15.2 Å². The van der Waals surface area contributed by atoms with Gasteiger partial charge in [0.2, 0.25) is 0 Å². The third kappa shape index (κ3) is 2.40. The highest BCUT2D eigenvalue weighted by Gasteiger charge is 2.30. The number of imide groups is 1. The molecule has 0 unspecified atom stereocenters. The maximum atomic E-state index is 11.8. The van der Waals surface area contributed by atoms with Crippen LogP contribution >= 0.6 is 31.9 Å². The number of nitrogens with zero attached hydrogens (tertiary/aromatic N) is 1. The molecular formula is C12H10Br2N2O4. The lowest BCUT2D eigenvalue weighted by Gasteiger charge is -2.10. The molecule has 0 saturated carbocycles. The molecule has 1 aliphatic rings. The van der Waals surface area contributed by atoms with Gasteiger partial charge in [0.15, 0.2) is 11.5 Å². The molecule has 1 aromatic rings. The second-order valence-electron chi connectivity index (χ2n) is 4.00. The number of phenolic OH excluding ortho intramolecular Hbond substituents is 1. The number of nitrogens with one attached hydrogen (secondary N) is 1. The molecule has 1 aliphatic heterocycles. The van der Waals surface area contributed by atoms with E-state index < -0.39 is 11.9 Å². The highest BCUT2D eigenvalue weighted by Crippen LogP contribution is 2.42. The topological polar surface area (TPSA) is 78.9 Å². The Balaban J connectivity index is 2.52. The maximum absolute atomic E-state index is 11.8. The minimum absolute atomic E-state index is 0.0552. The first kappa shape index (κ1) is 14.9. The van der Waals surface area contributed by atoms with Crippen molar-refractivity contribution in [2.75, 3.05) is 14.2 Å². The molecule has 1 saturated heterocycles. The summed E-state index contributed by atoms with van der Waals surface area (Å²) in [6, 6.07) is 1.07. The number of likely N-dealkylation sites (N-methyl/N-ethyl adjacent to an activating group) is 1. The van der Waals surface area contributed by atoms with Gasteiger partial charge in [0, 0.05) is 11.5 Å². The van der Waals surface area contributed by atoms with Crippen LogP contribution in [0, 0.1) is 0 Å². The number of hydrogen-bond acceptors (Lipinski definition) is 4. The average molecular weight is 406 g/mol. The predicted molar refractivity (Wildman–Crippen MR) is 79.3 cm³/mol. The van der Waals surface area contributed by atoms with Crippen LogP contribution in [0.3, 0.4) is 0 Å². The Labute approximate surface area is 131 Å². The zero-order valence-electron chi connectivity index (χ0n) is 10.5. The van der Waals surface area contributed by atoms with Crippen LogP contribution in [0.2, 0.25) is 0 Å². The molecular weight excluding hydrogens is 396 g/mol. The summed E-state index contributed by atoms with van der Waals surface area (Å²) in [6.45, 7) is 0. The summed E-state index contributed by atoms with van der Waals surface area (Å²) >= 11 is 6.53. The number of carbonyl (C=O) groups excluding carboxylic acids is 2. The van der Waals surface area contributed by atoms with Gasteiger partial charge in [0.1, 0.15) is 5.70 Å². The molecule has 2 rings (SSSR count). The molecule has 1 fully saturated rings. The van der Waals surface area contributed by atoms with E-state index in [4.69, 9.17) is 4.74 Å². The summed E-state index contributed by atoms with van der Waals surface area (Å²) in [6.07, 6.45) is 1.50. The van der Waals surface area contributed by atoms with Gasteiger partial charge in [-0.1, -0.05) is 0 Å². The predicted octanol–water partition coefficient (Wildman–Crippen LogP) is 2.45. The van der Waals surface area contributed by atoms with Crippen LogP contribution in [-0.2, 0) is 4.79 Å². The third-order valence-corrected chi connectivity index (χ3v) is 4.93. The van der Waals surface area contributed by atoms with Gasteiger partial charge in [-0.25, -0.2) is 4.79 Å². The normalized spacial score (nSPS) is 16.8. The number of aromatic hydroxyl groups is 1. The first-order valence-electron chi connectivity index (χ1n) is 5.42. The molecule has 0 aromatic heterocycles. The molecule has 0 radical (unpaired) electrons. The van der Waals surface area contributed by atoms with Gasteiger partial charge in [-0.05, 0) is 49.6 Å². The first-order chi connectivity index (χ1) is 9.36. The van der Waals surface area contributed by atoms with Crippen molar-refractivity contribution in [1.82, 2.24) is 10.2 Å². The second kappa shape index (κ2) is 5.45. The zero-order chi connectivity index (χ0) is 15.0. The van der Waals surface area contributed by atoms with E-state index in [0.717, 1.165) is 4.90 Å². The lowest BCUT2D eigenvalue weighted by molar-refractivity contribution is -0.121. The van der Waals surface area contributed by atoms with E-state index in [1.807, 2.05) is 0 Å². The third-order valence-electron chi connectivity index (χ3n) is 2.78. The molecule has 3 amide bonds. The highest BCUT2D eigenvalue weighted by molar-refractivity contribution is 9.13. The molecule has 106 valence electrons. The number of hydrogen-bond donors (Lipinski definition) is 2. The highest BCUT2D eigenvalue weighted by atomic mass is 79.9. The molecule has 2 N–H and O–H groups in total. The Morgan fingerprint density at radius 3 is 2.50 bits per heavy atom. The fourth-order valence-electron chi connectivity index (χ4n) is 1.65. The van der Waals surface area contributed by atoms with Crippen LogP contribution in [0.25, 0.3) is 6.08 Å². The summed E-state index contributed by atoms with van der Waals surface area (Å²) in [4.78, 5) is 24.2. The first-order valence-corrected chi connectivity index (χ1v) is 7.01. The number of urea groups is 1. The number of ether oxygens (including phenoxy) is 1. The van der Waals surface area contributed by atoms with E-state index in [1.54, 1.807) is 6.07 Å². The van der Waals surface area contributed by atoms with Gasteiger partial charge in [-0.3, -0.25) is 9.69 Å². The molecule has 0 aliphatic carbocycles. The van der Waals surface area contributed by atoms with Crippen molar-refractivity contribution in [1.29, 1.82) is 0 Å². The Bertz CT molecular complexity index is 643. The molecule has 0 spiro atoms. The Morgan fingerprint density at radius 1 is 1.35 bits per heavy atom. The van der Waals surface area contributed by atoms with Crippen molar-refractivity contribution in [3.05, 3.63) is 26.3 Å². The van der Waals surface area contributed by atoms with Crippen molar-refractivity contribution in [2.45, 2.75) is 0 Å². The lowest BCUT2D eigenvalue weighted by Crippen LogP contribution is -2.25. The van der Waals surface area contributed by atoms with Gasteiger partial charge in [-0.15, -0.1) is 0 Å². The molecule has 6 nitrogen and oxygen atoms in total. The Hall–Kier alpha value is -1.54. The maximum Gasteiger partial charge on any atom is 0.328 e. The summed E-state index contributed by atoms with van der Waals surface area (Å²) in [5.74, 6) is -0.234. The van der Waals surface area contributed by atoms with Crippen LogP contribution in [0.15, 0.2) is 20.7 Å². The molecule has 20 heavy (non-hydrogen) atoms. The SMILES string of the molecule is COc1cc(/C=C2/NC(=O)N(C)C2=O)c(Br)c(Br)c1O. The Morgan fingerprint density at radius 2 is 2.00 bits per heavy atom. The van der Waals surface area contributed by atoms with Crippen molar-refractivity contribution in [3.63, 3.8) is 0 Å². The fourth-order valence-corrected chi connectivity index (χ4v) is 2.49. The van der Waals surface area contributed by atoms with Crippen LogP contribution in [-0.4, -0.2) is 36.1 Å². The summed E-state index contributed by atoms with van der Waals surface area (Å²) in [7, 11) is 2.81. The minimum Gasteiger partial charge on any atom is -0.503 e. The number of benzene rings is 1. The minimum atomic E-state index is -0.484. The van der Waals surface area contributed by atoms with E-state index in [1.165, 1.54) is 20.2 Å². The number of methoxy groups -OCH3 is 1. The number of rotatable bonds is 2. The van der Waals surface area contributed by atoms with Gasteiger partial charge in [0.25, 0.3) is 5.91 Å². The van der Waals surface area contributed by atoms with E-state index in [2.05, 4.69) is 37.2 Å². The van der Waals surface area contributed by atoms with E-state index >= 15 is 0 Å². The quantitative estimate of drug-likeness (QED) is 0.585. The summed E-state index contributed by atoms with van der Waals surface area (Å²) in [5.41, 5.74) is 0.725. The lowest BCUT2D eigenvalue weighted by atomic mass is 10.1. The van der Waals surface area contributed by atoms with E-state index in [0.29, 0.717) is 14.5 Å². The van der Waals surface area contributed by atoms with Crippen molar-refractivity contribution in [3.8, 4) is 11.5 Å². The standard InChI is InChI=1S/C12H10Br2N2O4/c1-16-11(18)6(15-12(16)19)3-5-4-7(20-2)10(17)9(14)8(5)13/h3-4,17H,1-2H3,(H,15,19)/b6-3+. The zero-order valence-corrected chi connectivity index (χ0v) is 13.7. The second-order valence-corrected chi connectivity index (χ2v) is 5.58. The van der Waals surface area contributed by atoms with Crippen molar-refractivity contribution >= 4 is 49.9 Å². The number of amides is 3. The summed E-state index contributed by atoms with van der Waals surface area (Å²) in [5, 5.41) is 12.3. The van der Waals surface area contributed by atoms with Crippen molar-refractivity contribution < 1.29 is 19.4 Å². The molecule has 1 aromatic carbocycles. The largest absolute Gasteiger partial charge is 0.503 e. The van der Waals surface area contributed by atoms with Crippen LogP contribution in [0.4, 0.5) is 4.79 Å². The fraction of sp³-hybridized carbons (Fsp3) is 0.167. The van der Waals surface area contributed by atoms with Gasteiger partial charge in [0.05, 0.1) is 11.6 Å². The number of halogens is 2. The monoisotopic (exact) mass is 404 g/mol. The van der Waals surface area contributed by atoms with Crippen LogP contribution in [0.1, 0.15) is 5.56 Å². The summed E-state index contributed by atoms with van der Waals surface area (Å²) < 4.78 is 5.98. The Kier molecular flexibility index (Phi) is 4.05. The van der Waals surface area contributed by atoms with Gasteiger partial charge in [-0.2, -0.15) is 0 Å². The smallest absolute Gasteiger partial charge is 0.328 e. The molecule has 0 atom stereocenters. The van der Waals surface area contributed by atoms with E-state index in [9.17, 15) is 14.7 Å². The molecule has 0 bridgehead atoms. The average Bonchev–Trinajstić information content (AvgIpc) is 2.67. The van der Waals surface area contributed by atoms with Crippen LogP contribution < -0.4 is 10.1 Å². The molecule has 8 heteroatoms. The molecule has 1 heterocycles. The van der Waals surface area contributed by atoms with E-state index in [-0.39, 0.29) is 17.2 Å². The van der Waals surface area contributed by atoms with Crippen molar-refractivity contribution in [2.24, 2.45) is 0 Å².